The highest BCUT2D eigenvalue weighted by molar-refractivity contribution is 5.15. The minimum atomic E-state index is -1.63. The molecule has 2 aliphatic heterocycles. The van der Waals surface area contributed by atoms with E-state index in [1.807, 2.05) is 91.0 Å². The molecule has 45 heavy (non-hydrogen) atoms. The highest BCUT2D eigenvalue weighted by Crippen LogP contribution is 2.33. The molecule has 2 aliphatic rings. The van der Waals surface area contributed by atoms with E-state index in [-0.39, 0.29) is 19.8 Å². The average Bonchev–Trinajstić information content (AvgIpc) is 3.08. The van der Waals surface area contributed by atoms with Crippen molar-refractivity contribution in [1.82, 2.24) is 0 Å². The normalized spacial score (nSPS) is 31.9. The summed E-state index contributed by atoms with van der Waals surface area (Å²) in [6, 6.07) is 28.9. The van der Waals surface area contributed by atoms with Gasteiger partial charge < -0.3 is 53.6 Å². The summed E-state index contributed by atoms with van der Waals surface area (Å²) in [5.74, 6) is 0. The van der Waals surface area contributed by atoms with Gasteiger partial charge in [-0.15, -0.1) is 0 Å². The first-order chi connectivity index (χ1) is 22.0. The van der Waals surface area contributed by atoms with Crippen LogP contribution in [-0.2, 0) is 53.0 Å². The Bertz CT molecular complexity index is 1250. The molecule has 4 N–H and O–H groups in total. The zero-order valence-corrected chi connectivity index (χ0v) is 25.1. The lowest BCUT2D eigenvalue weighted by Gasteiger charge is -2.48. The van der Waals surface area contributed by atoms with E-state index in [1.54, 1.807) is 0 Å². The van der Waals surface area contributed by atoms with Gasteiger partial charge in [0.25, 0.3) is 0 Å². The van der Waals surface area contributed by atoms with Crippen LogP contribution < -0.4 is 0 Å². The summed E-state index contributed by atoms with van der Waals surface area (Å²) in [6.07, 6.45) is -11.7. The fourth-order valence-electron chi connectivity index (χ4n) is 5.47. The van der Waals surface area contributed by atoms with Crippen LogP contribution in [0.25, 0.3) is 0 Å². The molecule has 2 heterocycles. The maximum atomic E-state index is 10.9. The number of hydrogen-bond acceptors (Lipinski definition) is 11. The molecule has 0 aromatic heterocycles. The van der Waals surface area contributed by atoms with E-state index < -0.39 is 68.0 Å². The number of methoxy groups -OCH3 is 1. The van der Waals surface area contributed by atoms with Gasteiger partial charge in [0.05, 0.1) is 33.0 Å². The van der Waals surface area contributed by atoms with Gasteiger partial charge in [-0.05, 0) is 16.7 Å². The second-order valence-corrected chi connectivity index (χ2v) is 11.1. The van der Waals surface area contributed by atoms with Crippen LogP contribution in [0, 0.1) is 0 Å². The molecule has 0 bridgehead atoms. The third kappa shape index (κ3) is 8.73. The Morgan fingerprint density at radius 1 is 0.578 bits per heavy atom. The molecule has 0 radical (unpaired) electrons. The number of hydrogen-bond donors (Lipinski definition) is 4. The molecule has 2 fully saturated rings. The molecule has 0 aliphatic carbocycles. The van der Waals surface area contributed by atoms with Crippen LogP contribution >= 0.6 is 0 Å². The third-order valence-corrected chi connectivity index (χ3v) is 7.93. The monoisotopic (exact) mass is 626 g/mol. The van der Waals surface area contributed by atoms with Crippen molar-refractivity contribution in [3.8, 4) is 0 Å². The molecule has 0 amide bonds. The van der Waals surface area contributed by atoms with Crippen LogP contribution in [0.3, 0.4) is 0 Å². The molecule has 2 saturated heterocycles. The van der Waals surface area contributed by atoms with Gasteiger partial charge in [0.2, 0.25) is 0 Å². The van der Waals surface area contributed by atoms with Gasteiger partial charge in [0, 0.05) is 7.11 Å². The Labute approximate surface area is 262 Å². The van der Waals surface area contributed by atoms with Crippen LogP contribution in [0.15, 0.2) is 91.0 Å². The molecule has 5 rings (SSSR count). The molecule has 0 spiro atoms. The molecule has 3 aromatic rings. The zero-order chi connectivity index (χ0) is 31.6. The first kappa shape index (κ1) is 33.6. The number of aliphatic hydroxyl groups is 4. The number of rotatable bonds is 14. The quantitative estimate of drug-likeness (QED) is 0.208. The van der Waals surface area contributed by atoms with E-state index in [1.165, 1.54) is 7.11 Å². The lowest BCUT2D eigenvalue weighted by atomic mass is 9.96. The lowest BCUT2D eigenvalue weighted by Crippen LogP contribution is -2.65. The van der Waals surface area contributed by atoms with E-state index in [0.717, 1.165) is 16.7 Å². The first-order valence-corrected chi connectivity index (χ1v) is 15.1. The Morgan fingerprint density at radius 2 is 1.09 bits per heavy atom. The summed E-state index contributed by atoms with van der Waals surface area (Å²) in [4.78, 5) is 0. The summed E-state index contributed by atoms with van der Waals surface area (Å²) in [5, 5.41) is 41.5. The Kier molecular flexibility index (Phi) is 12.4. The first-order valence-electron chi connectivity index (χ1n) is 15.1. The van der Waals surface area contributed by atoms with Crippen molar-refractivity contribution in [3.63, 3.8) is 0 Å². The fraction of sp³-hybridized carbons (Fsp3) is 0.471. The van der Waals surface area contributed by atoms with Gasteiger partial charge in [-0.2, -0.15) is 0 Å². The van der Waals surface area contributed by atoms with Gasteiger partial charge >= 0.3 is 0 Å². The van der Waals surface area contributed by atoms with E-state index >= 15 is 0 Å². The Hall–Kier alpha value is -2.78. The average molecular weight is 627 g/mol. The number of aliphatic hydroxyl groups excluding tert-OH is 4. The predicted molar refractivity (Wildman–Crippen MR) is 160 cm³/mol. The van der Waals surface area contributed by atoms with Crippen LogP contribution in [0.4, 0.5) is 0 Å². The van der Waals surface area contributed by atoms with Crippen LogP contribution in [0.5, 0.6) is 0 Å². The van der Waals surface area contributed by atoms with Crippen molar-refractivity contribution in [2.24, 2.45) is 0 Å². The molecule has 3 aromatic carbocycles. The SMILES string of the molecule is CO[C@H]1O[C@H](COCc2ccccc2)[C@@H](O[C@@H]2O[C@H](CO)[C@H](O)[C@H](O)[C@H]2O)[C@H](OCc2ccccc2)[C@H]1OCc1ccccc1. The van der Waals surface area contributed by atoms with Gasteiger partial charge in [-0.25, -0.2) is 0 Å². The van der Waals surface area contributed by atoms with Gasteiger partial charge in [-0.3, -0.25) is 0 Å². The molecule has 244 valence electrons. The van der Waals surface area contributed by atoms with Crippen molar-refractivity contribution < 1.29 is 53.6 Å². The van der Waals surface area contributed by atoms with Gasteiger partial charge in [0.1, 0.15) is 48.8 Å². The maximum Gasteiger partial charge on any atom is 0.187 e. The maximum absolute atomic E-state index is 10.9. The minimum Gasteiger partial charge on any atom is -0.394 e. The smallest absolute Gasteiger partial charge is 0.187 e. The summed E-state index contributed by atoms with van der Waals surface area (Å²) >= 11 is 0. The highest BCUT2D eigenvalue weighted by Gasteiger charge is 2.52. The predicted octanol–water partition coefficient (Wildman–Crippen LogP) is 1.93. The van der Waals surface area contributed by atoms with Gasteiger partial charge in [0.15, 0.2) is 12.6 Å². The Balaban J connectivity index is 1.44. The number of ether oxygens (including phenoxy) is 7. The van der Waals surface area contributed by atoms with Crippen molar-refractivity contribution in [2.75, 3.05) is 20.3 Å². The third-order valence-electron chi connectivity index (χ3n) is 7.93. The fourth-order valence-corrected chi connectivity index (χ4v) is 5.47. The van der Waals surface area contributed by atoms with Crippen molar-refractivity contribution in [1.29, 1.82) is 0 Å². The standard InChI is InChI=1S/C34H42O11/c1-39-34-32(42-20-24-15-9-4-10-16-24)31(41-19-23-13-7-3-8-14-23)30(26(44-34)21-40-18-22-11-5-2-6-12-22)45-33-29(38)28(37)27(36)25(17-35)43-33/h2-16,25-38H,17-21H2,1H3/t25-,26-,27+,28+,29-,30-,31+,32-,33+,34+/m1/s1. The molecule has 11 heteroatoms. The van der Waals surface area contributed by atoms with Crippen molar-refractivity contribution >= 4 is 0 Å². The Morgan fingerprint density at radius 3 is 1.62 bits per heavy atom. The summed E-state index contributed by atoms with van der Waals surface area (Å²) in [5.41, 5.74) is 2.79. The van der Waals surface area contributed by atoms with Crippen molar-refractivity contribution in [3.05, 3.63) is 108 Å². The largest absolute Gasteiger partial charge is 0.394 e. The second kappa shape index (κ2) is 16.7. The number of benzene rings is 3. The summed E-state index contributed by atoms with van der Waals surface area (Å²) in [7, 11) is 1.51. The van der Waals surface area contributed by atoms with E-state index in [9.17, 15) is 20.4 Å². The topological polar surface area (TPSA) is 146 Å². The summed E-state index contributed by atoms with van der Waals surface area (Å²) in [6.45, 7) is 0.168. The second-order valence-electron chi connectivity index (χ2n) is 11.1. The van der Waals surface area contributed by atoms with Crippen LogP contribution in [0.1, 0.15) is 16.7 Å². The van der Waals surface area contributed by atoms with Gasteiger partial charge in [-0.1, -0.05) is 91.0 Å². The van der Waals surface area contributed by atoms with E-state index in [0.29, 0.717) is 6.61 Å². The highest BCUT2D eigenvalue weighted by atomic mass is 16.8. The minimum absolute atomic E-state index is 0.0491. The lowest BCUT2D eigenvalue weighted by molar-refractivity contribution is -0.366. The van der Waals surface area contributed by atoms with Crippen molar-refractivity contribution in [2.45, 2.75) is 81.2 Å². The van der Waals surface area contributed by atoms with Crippen LogP contribution in [0.2, 0.25) is 0 Å². The molecular weight excluding hydrogens is 584 g/mol. The molecule has 0 saturated carbocycles. The molecular formula is C34H42O11. The van der Waals surface area contributed by atoms with Crippen LogP contribution in [-0.4, -0.2) is 102 Å². The summed E-state index contributed by atoms with van der Waals surface area (Å²) < 4.78 is 43.2. The molecule has 11 nitrogen and oxygen atoms in total. The zero-order valence-electron chi connectivity index (χ0n) is 25.1. The van der Waals surface area contributed by atoms with E-state index in [2.05, 4.69) is 0 Å². The van der Waals surface area contributed by atoms with E-state index in [4.69, 9.17) is 33.2 Å². The molecule has 0 unspecified atom stereocenters. The molecule has 10 atom stereocenters.